The molecule has 0 aliphatic rings. The molecule has 0 amide bonds. The van der Waals surface area contributed by atoms with E-state index >= 15 is 0 Å². The van der Waals surface area contributed by atoms with Crippen molar-refractivity contribution >= 4 is 15.9 Å². The highest BCUT2D eigenvalue weighted by Crippen LogP contribution is 2.35. The topological polar surface area (TPSA) is 60.7 Å². The number of aromatic hydroxyl groups is 2. The molecule has 0 heterocycles. The third kappa shape index (κ3) is 1.92. The Kier molecular flexibility index (Phi) is 3.11. The van der Waals surface area contributed by atoms with Crippen molar-refractivity contribution in [3.05, 3.63) is 21.9 Å². The fraction of sp³-hybridized carbons (Fsp3) is 0.250. The third-order valence-corrected chi connectivity index (χ3v) is 2.34. The van der Waals surface area contributed by atoms with Gasteiger partial charge in [0.1, 0.15) is 0 Å². The lowest BCUT2D eigenvalue weighted by atomic mass is 10.1. The first kappa shape index (κ1) is 10.3. The van der Waals surface area contributed by atoms with Gasteiger partial charge in [0.05, 0.1) is 0 Å². The minimum atomic E-state index is -0.902. The van der Waals surface area contributed by atoms with Crippen molar-refractivity contribution in [3.8, 4) is 11.5 Å². The lowest BCUT2D eigenvalue weighted by Gasteiger charge is -2.07. The molecule has 0 aliphatic carbocycles. The van der Waals surface area contributed by atoms with Crippen LogP contribution in [0.5, 0.6) is 11.5 Å². The molecule has 0 fully saturated rings. The maximum Gasteiger partial charge on any atom is 0.194 e. The molecule has 1 aromatic carbocycles. The zero-order valence-corrected chi connectivity index (χ0v) is 8.18. The van der Waals surface area contributed by atoms with E-state index in [9.17, 15) is 4.39 Å². The van der Waals surface area contributed by atoms with Gasteiger partial charge < -0.3 is 15.3 Å². The maximum absolute atomic E-state index is 13.2. The van der Waals surface area contributed by atoms with Gasteiger partial charge >= 0.3 is 0 Å². The van der Waals surface area contributed by atoms with Crippen LogP contribution in [0.15, 0.2) is 10.5 Å². The number of benzene rings is 1. The highest BCUT2D eigenvalue weighted by molar-refractivity contribution is 9.10. The van der Waals surface area contributed by atoms with Gasteiger partial charge in [0, 0.05) is 16.6 Å². The van der Waals surface area contributed by atoms with Gasteiger partial charge in [-0.25, -0.2) is 4.39 Å². The van der Waals surface area contributed by atoms with Crippen LogP contribution < -0.4 is 0 Å². The molecule has 0 radical (unpaired) electrons. The molecule has 1 aromatic rings. The Morgan fingerprint density at radius 1 is 1.38 bits per heavy atom. The van der Waals surface area contributed by atoms with Gasteiger partial charge in [0.25, 0.3) is 0 Å². The summed E-state index contributed by atoms with van der Waals surface area (Å²) in [5.74, 6) is -2.21. The summed E-state index contributed by atoms with van der Waals surface area (Å²) in [6, 6.07) is 1.18. The van der Waals surface area contributed by atoms with E-state index in [1.54, 1.807) is 0 Å². The van der Waals surface area contributed by atoms with Crippen molar-refractivity contribution in [1.82, 2.24) is 0 Å². The lowest BCUT2D eigenvalue weighted by Crippen LogP contribution is -1.96. The zero-order chi connectivity index (χ0) is 10.0. The second-order valence-corrected chi connectivity index (χ2v) is 3.35. The second-order valence-electron chi connectivity index (χ2n) is 2.49. The summed E-state index contributed by atoms with van der Waals surface area (Å²) in [5.41, 5.74) is 0.151. The second kappa shape index (κ2) is 3.93. The van der Waals surface area contributed by atoms with Gasteiger partial charge in [0.2, 0.25) is 0 Å². The van der Waals surface area contributed by atoms with Gasteiger partial charge in [-0.3, -0.25) is 0 Å². The van der Waals surface area contributed by atoms with Crippen molar-refractivity contribution in [2.45, 2.75) is 6.42 Å². The number of phenols is 2. The van der Waals surface area contributed by atoms with E-state index in [1.807, 2.05) is 0 Å². The summed E-state index contributed by atoms with van der Waals surface area (Å²) in [7, 11) is 0. The van der Waals surface area contributed by atoms with Gasteiger partial charge in [-0.2, -0.15) is 0 Å². The van der Waals surface area contributed by atoms with Crippen molar-refractivity contribution < 1.29 is 19.7 Å². The van der Waals surface area contributed by atoms with Gasteiger partial charge in [0.15, 0.2) is 17.3 Å². The van der Waals surface area contributed by atoms with Crippen LogP contribution >= 0.6 is 15.9 Å². The van der Waals surface area contributed by atoms with Gasteiger partial charge in [-0.05, 0) is 12.5 Å². The van der Waals surface area contributed by atoms with Crippen LogP contribution in [-0.2, 0) is 6.42 Å². The van der Waals surface area contributed by atoms with Crippen molar-refractivity contribution in [1.29, 1.82) is 0 Å². The molecule has 0 bridgehead atoms. The highest BCUT2D eigenvalue weighted by Gasteiger charge is 2.15. The monoisotopic (exact) mass is 250 g/mol. The molecule has 5 heteroatoms. The first-order valence-corrected chi connectivity index (χ1v) is 4.37. The van der Waals surface area contributed by atoms with E-state index < -0.39 is 17.3 Å². The van der Waals surface area contributed by atoms with Gasteiger partial charge in [-0.15, -0.1) is 0 Å². The molecule has 0 saturated heterocycles. The van der Waals surface area contributed by atoms with Crippen LogP contribution in [0.25, 0.3) is 0 Å². The molecule has 72 valence electrons. The average Bonchev–Trinajstić information content (AvgIpc) is 2.09. The highest BCUT2D eigenvalue weighted by atomic mass is 79.9. The molecule has 0 atom stereocenters. The molecule has 1 rings (SSSR count). The van der Waals surface area contributed by atoms with E-state index in [4.69, 9.17) is 15.3 Å². The van der Waals surface area contributed by atoms with E-state index in [1.165, 1.54) is 6.07 Å². The Morgan fingerprint density at radius 3 is 2.54 bits per heavy atom. The number of aliphatic hydroxyl groups is 1. The van der Waals surface area contributed by atoms with Crippen molar-refractivity contribution in [2.75, 3.05) is 6.61 Å². The Hall–Kier alpha value is -0.810. The zero-order valence-electron chi connectivity index (χ0n) is 6.59. The van der Waals surface area contributed by atoms with Crippen LogP contribution in [-0.4, -0.2) is 21.9 Å². The standard InChI is InChI=1S/C8H8BrFO3/c9-5-3-6(12)8(13)7(10)4(5)1-2-11/h3,11-13H,1-2H2. The van der Waals surface area contributed by atoms with E-state index in [0.29, 0.717) is 4.47 Å². The smallest absolute Gasteiger partial charge is 0.194 e. The van der Waals surface area contributed by atoms with Crippen molar-refractivity contribution in [2.24, 2.45) is 0 Å². The predicted molar refractivity (Wildman–Crippen MR) is 48.2 cm³/mol. The SMILES string of the molecule is OCCc1c(Br)cc(O)c(O)c1F. The molecule has 0 unspecified atom stereocenters. The maximum atomic E-state index is 13.2. The first-order valence-electron chi connectivity index (χ1n) is 3.57. The Balaban J connectivity index is 3.26. The quantitative estimate of drug-likeness (QED) is 0.698. The summed E-state index contributed by atoms with van der Waals surface area (Å²) < 4.78 is 13.5. The average molecular weight is 251 g/mol. The number of aliphatic hydroxyl groups excluding tert-OH is 1. The predicted octanol–water partition coefficient (Wildman–Crippen LogP) is 1.53. The number of phenolic OH excluding ortho intramolecular Hbond substituents is 2. The summed E-state index contributed by atoms with van der Waals surface area (Å²) in [5, 5.41) is 26.6. The molecule has 0 aromatic heterocycles. The largest absolute Gasteiger partial charge is 0.504 e. The van der Waals surface area contributed by atoms with Crippen LogP contribution in [0.4, 0.5) is 4.39 Å². The van der Waals surface area contributed by atoms with E-state index in [2.05, 4.69) is 15.9 Å². The molecular weight excluding hydrogens is 243 g/mol. The molecule has 3 nitrogen and oxygen atoms in total. The molecule has 3 N–H and O–H groups in total. The number of hydrogen-bond donors (Lipinski definition) is 3. The van der Waals surface area contributed by atoms with Crippen LogP contribution in [0.3, 0.4) is 0 Å². The summed E-state index contributed by atoms with van der Waals surface area (Å²) in [6.45, 7) is -0.222. The molecule has 13 heavy (non-hydrogen) atoms. The number of rotatable bonds is 2. The van der Waals surface area contributed by atoms with E-state index in [-0.39, 0.29) is 18.6 Å². The van der Waals surface area contributed by atoms with E-state index in [0.717, 1.165) is 0 Å². The minimum absolute atomic E-state index is 0.0836. The molecule has 0 saturated carbocycles. The number of halogens is 2. The number of hydrogen-bond acceptors (Lipinski definition) is 3. The molecule has 0 spiro atoms. The summed E-state index contributed by atoms with van der Waals surface area (Å²) in [4.78, 5) is 0. The Labute approximate surface area is 82.6 Å². The minimum Gasteiger partial charge on any atom is -0.504 e. The fourth-order valence-corrected chi connectivity index (χ4v) is 1.57. The summed E-state index contributed by atoms with van der Waals surface area (Å²) >= 11 is 3.01. The van der Waals surface area contributed by atoms with Crippen LogP contribution in [0, 0.1) is 5.82 Å². The summed E-state index contributed by atoms with van der Waals surface area (Å²) in [6.07, 6.45) is 0.0836. The Bertz CT molecular complexity index is 328. The molecule has 0 aliphatic heterocycles. The molecular formula is C8H8BrFO3. The van der Waals surface area contributed by atoms with Crippen LogP contribution in [0.1, 0.15) is 5.56 Å². The lowest BCUT2D eigenvalue weighted by molar-refractivity contribution is 0.296. The fourth-order valence-electron chi connectivity index (χ4n) is 0.977. The van der Waals surface area contributed by atoms with Gasteiger partial charge in [-0.1, -0.05) is 15.9 Å². The normalized spacial score (nSPS) is 10.4. The van der Waals surface area contributed by atoms with Crippen molar-refractivity contribution in [3.63, 3.8) is 0 Å². The Morgan fingerprint density at radius 2 is 2.00 bits per heavy atom. The third-order valence-electron chi connectivity index (χ3n) is 1.63. The first-order chi connectivity index (χ1) is 6.07. The van der Waals surface area contributed by atoms with Crippen LogP contribution in [0.2, 0.25) is 0 Å².